The second-order valence-corrected chi connectivity index (χ2v) is 10.8. The molecule has 0 saturated heterocycles. The van der Waals surface area contributed by atoms with Crippen LogP contribution in [0.5, 0.6) is 0 Å². The van der Waals surface area contributed by atoms with Crippen LogP contribution in [-0.2, 0) is 16.0 Å². The van der Waals surface area contributed by atoms with Crippen LogP contribution >= 0.6 is 0 Å². The molecule has 1 heterocycles. The van der Waals surface area contributed by atoms with E-state index in [9.17, 15) is 14.4 Å². The van der Waals surface area contributed by atoms with Gasteiger partial charge >= 0.3 is 6.09 Å². The zero-order chi connectivity index (χ0) is 30.2. The Morgan fingerprint density at radius 2 is 1.63 bits per heavy atom. The molecule has 1 aliphatic rings. The number of amides is 3. The molecule has 5 rings (SSSR count). The van der Waals surface area contributed by atoms with Gasteiger partial charge in [0, 0.05) is 41.4 Å². The molecule has 4 aromatic rings. The van der Waals surface area contributed by atoms with Crippen molar-refractivity contribution in [1.29, 1.82) is 0 Å². The first-order valence-electron chi connectivity index (χ1n) is 14.2. The van der Waals surface area contributed by atoms with Crippen LogP contribution in [0.2, 0.25) is 0 Å². The Morgan fingerprint density at radius 1 is 0.930 bits per heavy atom. The number of carbonyl (C=O) groups is 3. The molecule has 0 aliphatic heterocycles. The van der Waals surface area contributed by atoms with Crippen LogP contribution in [-0.4, -0.2) is 56.2 Å². The summed E-state index contributed by atoms with van der Waals surface area (Å²) in [6.07, 6.45) is 2.01. The number of hydrogen-bond donors (Lipinski definition) is 6. The number of aromatic nitrogens is 4. The molecule has 1 aliphatic carbocycles. The van der Waals surface area contributed by atoms with Crippen molar-refractivity contribution in [2.24, 2.45) is 11.8 Å². The molecule has 7 N–H and O–H groups in total. The number of hydrogen-bond acceptors (Lipinski definition) is 7. The Bertz CT molecular complexity index is 1530. The second-order valence-electron chi connectivity index (χ2n) is 10.8. The number of carboxylic acid groups (broad SMARTS) is 1. The van der Waals surface area contributed by atoms with E-state index in [1.54, 1.807) is 24.3 Å². The van der Waals surface area contributed by atoms with Crippen molar-refractivity contribution < 1.29 is 19.5 Å². The number of tetrazole rings is 1. The lowest BCUT2D eigenvalue weighted by Gasteiger charge is -2.29. The molecule has 0 spiro atoms. The molecule has 3 amide bonds. The molecule has 0 bridgehead atoms. The van der Waals surface area contributed by atoms with Crippen LogP contribution in [0.1, 0.15) is 31.2 Å². The van der Waals surface area contributed by atoms with Gasteiger partial charge in [-0.3, -0.25) is 9.59 Å². The Balaban J connectivity index is 1.27. The van der Waals surface area contributed by atoms with Crippen LogP contribution in [0.15, 0.2) is 72.8 Å². The highest BCUT2D eigenvalue weighted by Gasteiger charge is 2.30. The average molecular weight is 583 g/mol. The van der Waals surface area contributed by atoms with Gasteiger partial charge in [0.25, 0.3) is 0 Å². The summed E-state index contributed by atoms with van der Waals surface area (Å²) < 4.78 is 0. The quantitative estimate of drug-likeness (QED) is 0.152. The van der Waals surface area contributed by atoms with Gasteiger partial charge in [-0.15, -0.1) is 10.2 Å². The van der Waals surface area contributed by atoms with Crippen LogP contribution in [0.3, 0.4) is 0 Å². The molecular formula is C31H34N8O4. The first-order valence-corrected chi connectivity index (χ1v) is 14.2. The third-order valence-corrected chi connectivity index (χ3v) is 7.81. The molecule has 43 heavy (non-hydrogen) atoms. The fraction of sp³-hybridized carbons (Fsp3) is 0.290. The maximum atomic E-state index is 13.5. The zero-order valence-electron chi connectivity index (χ0n) is 23.5. The third kappa shape index (κ3) is 7.73. The summed E-state index contributed by atoms with van der Waals surface area (Å²) in [6, 6.07) is 21.6. The summed E-state index contributed by atoms with van der Waals surface area (Å²) in [6.45, 7) is 0.380. The number of carbonyl (C=O) groups excluding carboxylic acids is 2. The maximum Gasteiger partial charge on any atom is 0.404 e. The van der Waals surface area contributed by atoms with Crippen LogP contribution in [0, 0.1) is 11.8 Å². The molecule has 12 nitrogen and oxygen atoms in total. The molecule has 1 atom stereocenters. The minimum absolute atomic E-state index is 0.175. The van der Waals surface area contributed by atoms with Crippen LogP contribution in [0.25, 0.3) is 22.5 Å². The lowest BCUT2D eigenvalue weighted by atomic mass is 9.81. The SMILES string of the molecule is Nc1ccccc1-c1ccc(C[C@H](NC(=O)[C@H]2CC[C@H](CNC(=O)O)CC2)C(=O)Nc2ccc(-c3nn[nH]n3)cc2)cc1. The van der Waals surface area contributed by atoms with E-state index in [1.165, 1.54) is 0 Å². The van der Waals surface area contributed by atoms with E-state index >= 15 is 0 Å². The van der Waals surface area contributed by atoms with E-state index in [0.29, 0.717) is 43.0 Å². The van der Waals surface area contributed by atoms with E-state index in [4.69, 9.17) is 10.8 Å². The summed E-state index contributed by atoms with van der Waals surface area (Å²) in [4.78, 5) is 37.7. The molecule has 222 valence electrons. The minimum atomic E-state index is -1.04. The van der Waals surface area contributed by atoms with E-state index in [-0.39, 0.29) is 23.7 Å². The van der Waals surface area contributed by atoms with Crippen molar-refractivity contribution in [2.75, 3.05) is 17.6 Å². The number of aromatic amines is 1. The molecular weight excluding hydrogens is 548 g/mol. The zero-order valence-corrected chi connectivity index (χ0v) is 23.5. The fourth-order valence-electron chi connectivity index (χ4n) is 5.39. The number of anilines is 2. The summed E-state index contributed by atoms with van der Waals surface area (Å²) in [7, 11) is 0. The smallest absolute Gasteiger partial charge is 0.404 e. The van der Waals surface area contributed by atoms with Crippen molar-refractivity contribution in [1.82, 2.24) is 31.3 Å². The van der Waals surface area contributed by atoms with E-state index in [0.717, 1.165) is 35.1 Å². The molecule has 0 unspecified atom stereocenters. The van der Waals surface area contributed by atoms with Crippen molar-refractivity contribution in [3.63, 3.8) is 0 Å². The van der Waals surface area contributed by atoms with Gasteiger partial charge in [-0.05, 0) is 78.3 Å². The topological polar surface area (TPSA) is 188 Å². The molecule has 1 aromatic heterocycles. The number of nitrogen functional groups attached to an aromatic ring is 1. The van der Waals surface area contributed by atoms with Crippen molar-refractivity contribution in [3.05, 3.63) is 78.4 Å². The first kappa shape index (κ1) is 29.2. The van der Waals surface area contributed by atoms with Gasteiger partial charge in [-0.25, -0.2) is 4.79 Å². The van der Waals surface area contributed by atoms with Gasteiger partial charge in [0.15, 0.2) is 0 Å². The number of benzene rings is 3. The summed E-state index contributed by atoms with van der Waals surface area (Å²) >= 11 is 0. The predicted molar refractivity (Wildman–Crippen MR) is 162 cm³/mol. The van der Waals surface area contributed by atoms with Crippen molar-refractivity contribution >= 4 is 29.3 Å². The molecule has 1 fully saturated rings. The Hall–Kier alpha value is -5.26. The molecule has 3 aromatic carbocycles. The van der Waals surface area contributed by atoms with Crippen LogP contribution in [0.4, 0.5) is 16.2 Å². The highest BCUT2D eigenvalue weighted by Crippen LogP contribution is 2.29. The Kier molecular flexibility index (Phi) is 9.25. The van der Waals surface area contributed by atoms with E-state index in [2.05, 4.69) is 36.6 Å². The number of rotatable bonds is 10. The Labute approximate surface area is 248 Å². The van der Waals surface area contributed by atoms with Gasteiger partial charge in [-0.1, -0.05) is 42.5 Å². The second kappa shape index (κ2) is 13.6. The van der Waals surface area contributed by atoms with E-state index in [1.807, 2.05) is 48.5 Å². The van der Waals surface area contributed by atoms with E-state index < -0.39 is 12.1 Å². The summed E-state index contributed by atoms with van der Waals surface area (Å²) in [5.41, 5.74) is 10.9. The third-order valence-electron chi connectivity index (χ3n) is 7.81. The molecule has 12 heteroatoms. The molecule has 0 radical (unpaired) electrons. The standard InChI is InChI=1S/C31H34N8O4/c32-26-4-2-1-3-25(26)21-9-5-19(6-10-21)17-27(35-29(40)23-11-7-20(8-12-23)18-33-31(42)43)30(41)34-24-15-13-22(14-16-24)28-36-38-39-37-28/h1-6,9-10,13-16,20,23,27,33H,7-8,11-12,17-18,32H2,(H,34,41)(H,35,40)(H,42,43)(H,36,37,38,39)/t20-,23-,27-/m0/s1. The van der Waals surface area contributed by atoms with Gasteiger partial charge < -0.3 is 26.8 Å². The number of para-hydroxylation sites is 1. The number of nitrogens with zero attached hydrogens (tertiary/aromatic N) is 3. The van der Waals surface area contributed by atoms with Gasteiger partial charge in [0.05, 0.1) is 0 Å². The first-order chi connectivity index (χ1) is 20.9. The average Bonchev–Trinajstić information content (AvgIpc) is 3.56. The van der Waals surface area contributed by atoms with Gasteiger partial charge in [0.1, 0.15) is 6.04 Å². The predicted octanol–water partition coefficient (Wildman–Crippen LogP) is 3.86. The summed E-state index contributed by atoms with van der Waals surface area (Å²) in [5.74, 6) is -0.111. The van der Waals surface area contributed by atoms with Gasteiger partial charge in [0.2, 0.25) is 17.6 Å². The monoisotopic (exact) mass is 582 g/mol. The minimum Gasteiger partial charge on any atom is -0.465 e. The normalized spacial score (nSPS) is 17.0. The largest absolute Gasteiger partial charge is 0.465 e. The van der Waals surface area contributed by atoms with Crippen molar-refractivity contribution in [2.45, 2.75) is 38.1 Å². The molecule has 1 saturated carbocycles. The fourth-order valence-corrected chi connectivity index (χ4v) is 5.39. The highest BCUT2D eigenvalue weighted by molar-refractivity contribution is 5.97. The lowest BCUT2D eigenvalue weighted by Crippen LogP contribution is -2.48. The number of H-pyrrole nitrogens is 1. The number of nitrogens with one attached hydrogen (secondary N) is 4. The lowest BCUT2D eigenvalue weighted by molar-refractivity contribution is -0.130. The maximum absolute atomic E-state index is 13.5. The van der Waals surface area contributed by atoms with Gasteiger partial charge in [-0.2, -0.15) is 5.21 Å². The Morgan fingerprint density at radius 3 is 2.28 bits per heavy atom. The van der Waals surface area contributed by atoms with Crippen LogP contribution < -0.4 is 21.7 Å². The highest BCUT2D eigenvalue weighted by atomic mass is 16.4. The number of nitrogens with two attached hydrogens (primary N) is 1. The summed E-state index contributed by atoms with van der Waals surface area (Å²) in [5, 5.41) is 31.1. The van der Waals surface area contributed by atoms with Crippen molar-refractivity contribution in [3.8, 4) is 22.5 Å².